The van der Waals surface area contributed by atoms with E-state index < -0.39 is 11.7 Å². The summed E-state index contributed by atoms with van der Waals surface area (Å²) in [6.45, 7) is -0.0635. The Morgan fingerprint density at radius 2 is 1.67 bits per heavy atom. The van der Waals surface area contributed by atoms with Gasteiger partial charge in [0.05, 0.1) is 17.8 Å². The van der Waals surface area contributed by atoms with Gasteiger partial charge in [0.25, 0.3) is 0 Å². The summed E-state index contributed by atoms with van der Waals surface area (Å²) in [6.07, 6.45) is -1.32. The van der Waals surface area contributed by atoms with Crippen molar-refractivity contribution >= 4 is 23.3 Å². The van der Waals surface area contributed by atoms with Gasteiger partial charge in [-0.15, -0.1) is 0 Å². The summed E-state index contributed by atoms with van der Waals surface area (Å²) in [7, 11) is 3.23. The molecule has 2 heterocycles. The van der Waals surface area contributed by atoms with Gasteiger partial charge in [0.2, 0.25) is 5.91 Å². The number of likely N-dealkylation sites (N-methyl/N-ethyl adjacent to an activating group) is 1. The molecule has 0 aliphatic rings. The molecule has 0 saturated carbocycles. The number of anilines is 1. The van der Waals surface area contributed by atoms with Gasteiger partial charge in [-0.2, -0.15) is 13.2 Å². The lowest BCUT2D eigenvalue weighted by molar-refractivity contribution is -0.137. The number of halogens is 4. The van der Waals surface area contributed by atoms with Crippen molar-refractivity contribution in [3.05, 3.63) is 59.4 Å². The molecule has 0 aliphatic carbocycles. The number of hydrogen-bond acceptors (Lipinski definition) is 5. The number of hydrogen-bond donors (Lipinski definition) is 1. The van der Waals surface area contributed by atoms with Crippen LogP contribution >= 0.6 is 11.6 Å². The predicted octanol–water partition coefficient (Wildman–Crippen LogP) is 4.38. The minimum atomic E-state index is -4.44. The van der Waals surface area contributed by atoms with Gasteiger partial charge in [-0.1, -0.05) is 23.7 Å². The van der Waals surface area contributed by atoms with Gasteiger partial charge >= 0.3 is 6.18 Å². The standard InChI is InChI=1S/C20H17ClF3N5O/c1-29(2)15(30)11-26-19-16(21)17(12-7-9-25-10-8-12)27-18(28-19)13-3-5-14(6-4-13)20(22,23)24/h3-10H,11H2,1-2H3,(H,26,27,28). The van der Waals surface area contributed by atoms with E-state index in [9.17, 15) is 18.0 Å². The summed E-state index contributed by atoms with van der Waals surface area (Å²) in [5.41, 5.74) is 0.609. The Morgan fingerprint density at radius 3 is 2.23 bits per heavy atom. The van der Waals surface area contributed by atoms with Crippen LogP contribution in [-0.2, 0) is 11.0 Å². The van der Waals surface area contributed by atoms with E-state index in [-0.39, 0.29) is 29.1 Å². The molecule has 1 N–H and O–H groups in total. The number of nitrogens with one attached hydrogen (secondary N) is 1. The monoisotopic (exact) mass is 435 g/mol. The number of amides is 1. The molecule has 30 heavy (non-hydrogen) atoms. The maximum atomic E-state index is 12.9. The van der Waals surface area contributed by atoms with Crippen molar-refractivity contribution in [1.29, 1.82) is 0 Å². The molecule has 3 aromatic rings. The number of nitrogens with zero attached hydrogens (tertiary/aromatic N) is 4. The van der Waals surface area contributed by atoms with Crippen LogP contribution < -0.4 is 5.32 Å². The summed E-state index contributed by atoms with van der Waals surface area (Å²) in [6, 6.07) is 7.89. The van der Waals surface area contributed by atoms with Crippen LogP contribution in [0.5, 0.6) is 0 Å². The third-order valence-corrected chi connectivity index (χ3v) is 4.54. The van der Waals surface area contributed by atoms with Crippen LogP contribution in [0.4, 0.5) is 19.0 Å². The van der Waals surface area contributed by atoms with Crippen molar-refractivity contribution in [1.82, 2.24) is 19.9 Å². The SMILES string of the molecule is CN(C)C(=O)CNc1nc(-c2ccc(C(F)(F)F)cc2)nc(-c2ccncc2)c1Cl. The third kappa shape index (κ3) is 4.85. The lowest BCUT2D eigenvalue weighted by Crippen LogP contribution is -2.29. The average molecular weight is 436 g/mol. The Bertz CT molecular complexity index is 1040. The maximum Gasteiger partial charge on any atom is 0.416 e. The summed E-state index contributed by atoms with van der Waals surface area (Å²) in [4.78, 5) is 26.1. The normalized spacial score (nSPS) is 11.3. The van der Waals surface area contributed by atoms with Crippen LogP contribution in [0, 0.1) is 0 Å². The number of carbonyl (C=O) groups excluding carboxylic acids is 1. The fourth-order valence-electron chi connectivity index (χ4n) is 2.52. The Labute approximate surface area is 175 Å². The number of alkyl halides is 3. The van der Waals surface area contributed by atoms with Gasteiger partial charge in [-0.05, 0) is 24.3 Å². The second-order valence-corrected chi connectivity index (χ2v) is 6.89. The first kappa shape index (κ1) is 21.5. The van der Waals surface area contributed by atoms with Crippen LogP contribution in [0.15, 0.2) is 48.8 Å². The zero-order chi connectivity index (χ0) is 21.9. The Hall–Kier alpha value is -3.20. The van der Waals surface area contributed by atoms with Crippen molar-refractivity contribution in [2.45, 2.75) is 6.18 Å². The highest BCUT2D eigenvalue weighted by Crippen LogP contribution is 2.34. The van der Waals surface area contributed by atoms with Gasteiger partial charge in [0.15, 0.2) is 5.82 Å². The Morgan fingerprint density at radius 1 is 1.03 bits per heavy atom. The molecule has 156 valence electrons. The fraction of sp³-hybridized carbons (Fsp3) is 0.200. The molecule has 3 rings (SSSR count). The number of pyridine rings is 1. The highest BCUT2D eigenvalue weighted by Gasteiger charge is 2.30. The van der Waals surface area contributed by atoms with E-state index >= 15 is 0 Å². The molecule has 2 aromatic heterocycles. The van der Waals surface area contributed by atoms with E-state index in [1.54, 1.807) is 38.6 Å². The van der Waals surface area contributed by atoms with Gasteiger partial charge in [-0.25, -0.2) is 9.97 Å². The minimum Gasteiger partial charge on any atom is -0.360 e. The molecule has 0 radical (unpaired) electrons. The Kier molecular flexibility index (Phi) is 6.21. The molecule has 0 unspecified atom stereocenters. The topological polar surface area (TPSA) is 71.0 Å². The van der Waals surface area contributed by atoms with Gasteiger partial charge in [0.1, 0.15) is 10.8 Å². The molecule has 0 spiro atoms. The van der Waals surface area contributed by atoms with Gasteiger partial charge < -0.3 is 10.2 Å². The average Bonchev–Trinajstić information content (AvgIpc) is 2.72. The molecule has 1 amide bonds. The fourth-order valence-corrected chi connectivity index (χ4v) is 2.78. The summed E-state index contributed by atoms with van der Waals surface area (Å²) >= 11 is 6.47. The van der Waals surface area contributed by atoms with Crippen molar-refractivity contribution < 1.29 is 18.0 Å². The Balaban J connectivity index is 2.06. The minimum absolute atomic E-state index is 0.0635. The largest absolute Gasteiger partial charge is 0.416 e. The maximum absolute atomic E-state index is 12.9. The van der Waals surface area contributed by atoms with Crippen molar-refractivity contribution in [2.75, 3.05) is 26.0 Å². The highest BCUT2D eigenvalue weighted by atomic mass is 35.5. The smallest absolute Gasteiger partial charge is 0.360 e. The van der Waals surface area contributed by atoms with Crippen LogP contribution in [-0.4, -0.2) is 46.4 Å². The molecule has 0 fully saturated rings. The van der Waals surface area contributed by atoms with Crippen molar-refractivity contribution in [3.8, 4) is 22.6 Å². The molecule has 0 bridgehead atoms. The molecule has 0 saturated heterocycles. The molecular weight excluding hydrogens is 419 g/mol. The molecule has 6 nitrogen and oxygen atoms in total. The lowest BCUT2D eigenvalue weighted by Gasteiger charge is -2.15. The quantitative estimate of drug-likeness (QED) is 0.644. The number of rotatable bonds is 5. The summed E-state index contributed by atoms with van der Waals surface area (Å²) < 4.78 is 38.6. The number of aromatic nitrogens is 3. The number of benzene rings is 1. The van der Waals surface area contributed by atoms with Gasteiger partial charge in [0, 0.05) is 37.6 Å². The van der Waals surface area contributed by atoms with E-state index in [1.165, 1.54) is 17.0 Å². The number of carbonyl (C=O) groups is 1. The van der Waals surface area contributed by atoms with Crippen molar-refractivity contribution in [2.24, 2.45) is 0 Å². The summed E-state index contributed by atoms with van der Waals surface area (Å²) in [5, 5.41) is 3.06. The first-order valence-electron chi connectivity index (χ1n) is 8.76. The first-order valence-corrected chi connectivity index (χ1v) is 9.14. The molecule has 10 heteroatoms. The summed E-state index contributed by atoms with van der Waals surface area (Å²) in [5.74, 6) is 0.162. The first-order chi connectivity index (χ1) is 14.2. The lowest BCUT2D eigenvalue weighted by atomic mass is 10.1. The molecular formula is C20H17ClF3N5O. The van der Waals surface area contributed by atoms with Crippen LogP contribution in [0.3, 0.4) is 0 Å². The predicted molar refractivity (Wildman–Crippen MR) is 108 cm³/mol. The van der Waals surface area contributed by atoms with E-state index in [4.69, 9.17) is 11.6 Å². The van der Waals surface area contributed by atoms with Crippen LogP contribution in [0.1, 0.15) is 5.56 Å². The zero-order valence-corrected chi connectivity index (χ0v) is 16.8. The molecule has 0 aliphatic heterocycles. The van der Waals surface area contributed by atoms with Gasteiger partial charge in [-0.3, -0.25) is 9.78 Å². The van der Waals surface area contributed by atoms with Crippen molar-refractivity contribution in [3.63, 3.8) is 0 Å². The molecule has 0 atom stereocenters. The van der Waals surface area contributed by atoms with E-state index in [2.05, 4.69) is 20.3 Å². The van der Waals surface area contributed by atoms with E-state index in [0.29, 0.717) is 16.8 Å². The van der Waals surface area contributed by atoms with E-state index in [1.807, 2.05) is 0 Å². The molecule has 1 aromatic carbocycles. The second kappa shape index (κ2) is 8.66. The van der Waals surface area contributed by atoms with Crippen LogP contribution in [0.2, 0.25) is 5.02 Å². The third-order valence-electron chi connectivity index (χ3n) is 4.18. The second-order valence-electron chi connectivity index (χ2n) is 6.51. The zero-order valence-electron chi connectivity index (χ0n) is 16.0. The van der Waals surface area contributed by atoms with Crippen LogP contribution in [0.25, 0.3) is 22.6 Å². The highest BCUT2D eigenvalue weighted by molar-refractivity contribution is 6.35. The van der Waals surface area contributed by atoms with E-state index in [0.717, 1.165) is 12.1 Å².